The van der Waals surface area contributed by atoms with Gasteiger partial charge in [-0.25, -0.2) is 4.79 Å². The Kier molecular flexibility index (Phi) is 2.86. The van der Waals surface area contributed by atoms with Crippen LogP contribution in [-0.4, -0.2) is 11.1 Å². The summed E-state index contributed by atoms with van der Waals surface area (Å²) < 4.78 is 0. The maximum atomic E-state index is 10.8. The van der Waals surface area contributed by atoms with Crippen LogP contribution in [0.3, 0.4) is 0 Å². The summed E-state index contributed by atoms with van der Waals surface area (Å²) >= 11 is 0. The number of benzene rings is 1. The van der Waals surface area contributed by atoms with Crippen LogP contribution in [-0.2, 0) is 4.79 Å². The van der Waals surface area contributed by atoms with Crippen LogP contribution in [0, 0.1) is 5.92 Å². The second kappa shape index (κ2) is 4.30. The predicted molar refractivity (Wildman–Crippen MR) is 59.4 cm³/mol. The van der Waals surface area contributed by atoms with E-state index in [9.17, 15) is 4.79 Å². The first-order chi connectivity index (χ1) is 7.27. The Labute approximate surface area is 89.2 Å². The number of rotatable bonds is 3. The fourth-order valence-electron chi connectivity index (χ4n) is 1.92. The van der Waals surface area contributed by atoms with Gasteiger partial charge in [0.2, 0.25) is 0 Å². The number of carbonyl (C=O) groups is 1. The minimum atomic E-state index is -0.847. The molecule has 0 bridgehead atoms. The van der Waals surface area contributed by atoms with Gasteiger partial charge in [-0.3, -0.25) is 0 Å². The molecule has 1 saturated carbocycles. The van der Waals surface area contributed by atoms with Gasteiger partial charge < -0.3 is 5.11 Å². The van der Waals surface area contributed by atoms with Crippen LogP contribution in [0.1, 0.15) is 24.8 Å². The highest BCUT2D eigenvalue weighted by molar-refractivity contribution is 5.90. The largest absolute Gasteiger partial charge is 0.478 e. The summed E-state index contributed by atoms with van der Waals surface area (Å²) in [6.07, 6.45) is 4.82. The number of aliphatic carboxylic acids is 1. The van der Waals surface area contributed by atoms with Gasteiger partial charge in [0.05, 0.1) is 0 Å². The molecule has 2 nitrogen and oxygen atoms in total. The molecule has 0 heterocycles. The molecule has 15 heavy (non-hydrogen) atoms. The Hall–Kier alpha value is -1.57. The fourth-order valence-corrected chi connectivity index (χ4v) is 1.92. The molecular formula is C13H14O2. The Morgan fingerprint density at radius 1 is 1.27 bits per heavy atom. The maximum Gasteiger partial charge on any atom is 0.328 e. The molecule has 2 heteroatoms. The molecule has 0 atom stereocenters. The van der Waals surface area contributed by atoms with Gasteiger partial charge in [0.25, 0.3) is 0 Å². The molecule has 0 unspecified atom stereocenters. The van der Waals surface area contributed by atoms with Crippen LogP contribution in [0.2, 0.25) is 0 Å². The van der Waals surface area contributed by atoms with Crippen molar-refractivity contribution in [3.8, 4) is 0 Å². The van der Waals surface area contributed by atoms with E-state index in [0.29, 0.717) is 5.92 Å². The average molecular weight is 202 g/mol. The van der Waals surface area contributed by atoms with E-state index >= 15 is 0 Å². The fraction of sp³-hybridized carbons (Fsp3) is 0.308. The second-order valence-corrected chi connectivity index (χ2v) is 3.93. The van der Waals surface area contributed by atoms with Gasteiger partial charge in [0.15, 0.2) is 0 Å². The van der Waals surface area contributed by atoms with E-state index < -0.39 is 5.97 Å². The van der Waals surface area contributed by atoms with E-state index in [1.54, 1.807) is 0 Å². The van der Waals surface area contributed by atoms with Gasteiger partial charge in [-0.1, -0.05) is 36.8 Å². The third-order valence-corrected chi connectivity index (χ3v) is 2.93. The smallest absolute Gasteiger partial charge is 0.328 e. The van der Waals surface area contributed by atoms with Gasteiger partial charge in [-0.15, -0.1) is 0 Å². The highest BCUT2D eigenvalue weighted by Crippen LogP contribution is 2.38. The van der Waals surface area contributed by atoms with E-state index in [1.165, 1.54) is 12.5 Å². The quantitative estimate of drug-likeness (QED) is 0.765. The van der Waals surface area contributed by atoms with Crippen molar-refractivity contribution in [2.24, 2.45) is 5.92 Å². The van der Waals surface area contributed by atoms with Crippen LogP contribution >= 0.6 is 0 Å². The number of allylic oxidation sites excluding steroid dienone is 1. The van der Waals surface area contributed by atoms with Crippen LogP contribution in [0.5, 0.6) is 0 Å². The van der Waals surface area contributed by atoms with Crippen molar-refractivity contribution in [3.63, 3.8) is 0 Å². The van der Waals surface area contributed by atoms with Gasteiger partial charge in [0, 0.05) is 6.08 Å². The van der Waals surface area contributed by atoms with Crippen LogP contribution in [0.25, 0.3) is 5.57 Å². The predicted octanol–water partition coefficient (Wildman–Crippen LogP) is 2.95. The first kappa shape index (κ1) is 9.97. The standard InChI is InChI=1S/C13H14O2/c14-13(15)9-12(11-7-4-8-11)10-5-2-1-3-6-10/h1-3,5-6,9,11H,4,7-8H2,(H,14,15)/b12-9-. The van der Waals surface area contributed by atoms with E-state index in [-0.39, 0.29) is 0 Å². The van der Waals surface area contributed by atoms with Crippen LogP contribution < -0.4 is 0 Å². The first-order valence-electron chi connectivity index (χ1n) is 5.27. The molecular weight excluding hydrogens is 188 g/mol. The summed E-state index contributed by atoms with van der Waals surface area (Å²) in [4.78, 5) is 10.8. The van der Waals surface area contributed by atoms with E-state index in [1.807, 2.05) is 30.3 Å². The van der Waals surface area contributed by atoms with Crippen molar-refractivity contribution in [2.45, 2.75) is 19.3 Å². The molecule has 0 spiro atoms. The number of carboxylic acid groups (broad SMARTS) is 1. The van der Waals surface area contributed by atoms with Crippen molar-refractivity contribution in [1.82, 2.24) is 0 Å². The Balaban J connectivity index is 2.30. The van der Waals surface area contributed by atoms with Crippen molar-refractivity contribution in [3.05, 3.63) is 42.0 Å². The average Bonchev–Trinajstić information content (AvgIpc) is 2.15. The van der Waals surface area contributed by atoms with Crippen molar-refractivity contribution >= 4 is 11.5 Å². The highest BCUT2D eigenvalue weighted by Gasteiger charge is 2.23. The first-order valence-corrected chi connectivity index (χ1v) is 5.27. The van der Waals surface area contributed by atoms with E-state index in [0.717, 1.165) is 24.0 Å². The molecule has 1 aliphatic carbocycles. The molecule has 1 aromatic carbocycles. The lowest BCUT2D eigenvalue weighted by Gasteiger charge is -2.28. The molecule has 0 saturated heterocycles. The molecule has 1 aromatic rings. The third kappa shape index (κ3) is 2.27. The van der Waals surface area contributed by atoms with Gasteiger partial charge in [-0.05, 0) is 29.9 Å². The van der Waals surface area contributed by atoms with E-state index in [2.05, 4.69) is 0 Å². The second-order valence-electron chi connectivity index (χ2n) is 3.93. The number of hydrogen-bond acceptors (Lipinski definition) is 1. The van der Waals surface area contributed by atoms with Gasteiger partial charge >= 0.3 is 5.97 Å². The molecule has 0 amide bonds. The lowest BCUT2D eigenvalue weighted by Crippen LogP contribution is -2.14. The SMILES string of the molecule is O=C(O)/C=C(/c1ccccc1)C1CCC1. The summed E-state index contributed by atoms with van der Waals surface area (Å²) in [5, 5.41) is 8.84. The molecule has 0 radical (unpaired) electrons. The summed E-state index contributed by atoms with van der Waals surface area (Å²) in [6.45, 7) is 0. The monoisotopic (exact) mass is 202 g/mol. The van der Waals surface area contributed by atoms with Crippen molar-refractivity contribution in [1.29, 1.82) is 0 Å². The molecule has 1 aliphatic rings. The highest BCUT2D eigenvalue weighted by atomic mass is 16.4. The summed E-state index contributed by atoms with van der Waals surface area (Å²) in [7, 11) is 0. The van der Waals surface area contributed by atoms with E-state index in [4.69, 9.17) is 5.11 Å². The maximum absolute atomic E-state index is 10.8. The van der Waals surface area contributed by atoms with Crippen LogP contribution in [0.4, 0.5) is 0 Å². The molecule has 0 aromatic heterocycles. The molecule has 1 fully saturated rings. The summed E-state index contributed by atoms with van der Waals surface area (Å²) in [5.41, 5.74) is 2.03. The minimum absolute atomic E-state index is 0.448. The minimum Gasteiger partial charge on any atom is -0.478 e. The van der Waals surface area contributed by atoms with Gasteiger partial charge in [0.1, 0.15) is 0 Å². The third-order valence-electron chi connectivity index (χ3n) is 2.93. The zero-order chi connectivity index (χ0) is 10.7. The summed E-state index contributed by atoms with van der Waals surface area (Å²) in [6, 6.07) is 9.80. The Bertz CT molecular complexity index is 375. The van der Waals surface area contributed by atoms with Crippen molar-refractivity contribution < 1.29 is 9.90 Å². The molecule has 2 rings (SSSR count). The molecule has 78 valence electrons. The number of hydrogen-bond donors (Lipinski definition) is 1. The molecule has 0 aliphatic heterocycles. The lowest BCUT2D eigenvalue weighted by molar-refractivity contribution is -0.131. The number of carboxylic acids is 1. The Morgan fingerprint density at radius 2 is 1.93 bits per heavy atom. The molecule has 1 N–H and O–H groups in total. The van der Waals surface area contributed by atoms with Crippen LogP contribution in [0.15, 0.2) is 36.4 Å². The topological polar surface area (TPSA) is 37.3 Å². The van der Waals surface area contributed by atoms with Gasteiger partial charge in [-0.2, -0.15) is 0 Å². The lowest BCUT2D eigenvalue weighted by atomic mass is 9.77. The van der Waals surface area contributed by atoms with Crippen molar-refractivity contribution in [2.75, 3.05) is 0 Å². The zero-order valence-corrected chi connectivity index (χ0v) is 8.52. The summed E-state index contributed by atoms with van der Waals surface area (Å²) in [5.74, 6) is -0.399. The normalized spacial score (nSPS) is 17.2. The Morgan fingerprint density at radius 3 is 2.40 bits per heavy atom. The zero-order valence-electron chi connectivity index (χ0n) is 8.52.